The van der Waals surface area contributed by atoms with Crippen LogP contribution in [0.3, 0.4) is 0 Å². The lowest BCUT2D eigenvalue weighted by Crippen LogP contribution is -2.06. The van der Waals surface area contributed by atoms with Gasteiger partial charge in [-0.3, -0.25) is 20.2 Å². The number of nitro groups is 2. The van der Waals surface area contributed by atoms with Crippen molar-refractivity contribution >= 4 is 35.5 Å². The van der Waals surface area contributed by atoms with Gasteiger partial charge in [-0.05, 0) is 0 Å². The van der Waals surface area contributed by atoms with Crippen molar-refractivity contribution < 1.29 is 23.7 Å². The average Bonchev–Trinajstić information content (AvgIpc) is 2.68. The Morgan fingerprint density at radius 2 is 1.19 bits per heavy atom. The van der Waals surface area contributed by atoms with Gasteiger partial charge in [0.2, 0.25) is 0 Å². The van der Waals surface area contributed by atoms with Crippen LogP contribution in [0.4, 0.5) is 11.4 Å². The van der Waals surface area contributed by atoms with Crippen LogP contribution in [0.1, 0.15) is 21.6 Å². The molecule has 0 saturated heterocycles. The maximum absolute atomic E-state index is 11.1. The van der Waals surface area contributed by atoms with E-state index >= 15 is 0 Å². The molecule has 144 valence electrons. The molecule has 0 saturated carbocycles. The first kappa shape index (κ1) is 21.1. The van der Waals surface area contributed by atoms with E-state index in [9.17, 15) is 30.4 Å². The zero-order valence-electron chi connectivity index (χ0n) is 13.8. The molecule has 0 spiro atoms. The van der Waals surface area contributed by atoms with E-state index in [0.717, 1.165) is 24.1 Å². The summed E-state index contributed by atoms with van der Waals surface area (Å²) in [5.74, 6) is 0. The second-order valence-electron chi connectivity index (χ2n) is 5.23. The molecule has 2 aromatic rings. The van der Waals surface area contributed by atoms with E-state index in [2.05, 4.69) is 0 Å². The van der Waals surface area contributed by atoms with E-state index in [0.29, 0.717) is 11.1 Å². The molecule has 2 N–H and O–H groups in total. The summed E-state index contributed by atoms with van der Waals surface area (Å²) >= 11 is 1.57. The van der Waals surface area contributed by atoms with Crippen LogP contribution in [0.5, 0.6) is 0 Å². The smallest absolute Gasteiger partial charge is 0.273 e. The zero-order chi connectivity index (χ0) is 19.8. The van der Waals surface area contributed by atoms with E-state index in [1.54, 1.807) is 12.1 Å². The molecule has 2 rings (SSSR count). The Balaban J connectivity index is 2.09. The molecule has 27 heavy (non-hydrogen) atoms. The molecule has 0 amide bonds. The van der Waals surface area contributed by atoms with Gasteiger partial charge in [-0.2, -0.15) is 0 Å². The van der Waals surface area contributed by atoms with Gasteiger partial charge in [-0.25, -0.2) is 3.63 Å². The van der Waals surface area contributed by atoms with Crippen LogP contribution < -0.4 is 0 Å². The number of nitro benzene ring substituents is 2. The lowest BCUT2D eigenvalue weighted by molar-refractivity contribution is -0.385. The third-order valence-corrected chi connectivity index (χ3v) is 5.50. The number of hydrogen-bond donors (Lipinski definition) is 2. The fourth-order valence-corrected chi connectivity index (χ4v) is 4.00. The van der Waals surface area contributed by atoms with Gasteiger partial charge in [0.1, 0.15) is 0 Å². The lowest BCUT2D eigenvalue weighted by Gasteiger charge is -2.16. The Bertz CT molecular complexity index is 740. The number of aliphatic hydroxyl groups is 2. The molecule has 0 radical (unpaired) electrons. The summed E-state index contributed by atoms with van der Waals surface area (Å²) in [6.07, 6.45) is 0. The maximum Gasteiger partial charge on any atom is 0.273 e. The first-order valence-corrected chi connectivity index (χ1v) is 9.27. The quantitative estimate of drug-likeness (QED) is 0.341. The van der Waals surface area contributed by atoms with Crippen LogP contribution in [0.25, 0.3) is 0 Å². The van der Waals surface area contributed by atoms with Crippen molar-refractivity contribution in [2.24, 2.45) is 0 Å². The number of para-hydroxylation sites is 2. The first-order valence-electron chi connectivity index (χ1n) is 7.66. The van der Waals surface area contributed by atoms with Crippen LogP contribution in [0.2, 0.25) is 0 Å². The summed E-state index contributed by atoms with van der Waals surface area (Å²) in [5, 5.41) is 39.9. The van der Waals surface area contributed by atoms with Gasteiger partial charge in [-0.15, -0.1) is 0 Å². The van der Waals surface area contributed by atoms with E-state index in [-0.39, 0.29) is 11.4 Å². The number of rotatable bonds is 10. The molecule has 0 heterocycles. The predicted molar refractivity (Wildman–Crippen MR) is 102 cm³/mol. The number of hydrogen-bond acceptors (Lipinski definition) is 9. The summed E-state index contributed by atoms with van der Waals surface area (Å²) in [4.78, 5) is 21.2. The number of nitrogens with zero attached hydrogens (tertiary/aromatic N) is 2. The van der Waals surface area contributed by atoms with Crippen LogP contribution in [0.15, 0.2) is 48.5 Å². The van der Waals surface area contributed by atoms with Crippen LogP contribution >= 0.6 is 24.1 Å². The van der Waals surface area contributed by atoms with Crippen LogP contribution in [0, 0.1) is 20.2 Å². The minimum atomic E-state index is -0.732. The largest absolute Gasteiger partial charge is 0.395 e. The Morgan fingerprint density at radius 3 is 1.52 bits per heavy atom. The lowest BCUT2D eigenvalue weighted by atomic mass is 10.1. The van der Waals surface area contributed by atoms with Crippen molar-refractivity contribution in [1.82, 2.24) is 0 Å². The average molecular weight is 412 g/mol. The molecule has 9 nitrogen and oxygen atoms in total. The third kappa shape index (κ3) is 5.40. The monoisotopic (exact) mass is 412 g/mol. The number of benzene rings is 2. The SMILES string of the molecule is O=[N+]([O-])c1ccccc1C(CO)SOSC(CO)c1ccccc1[N+](=O)[O-]. The molecular weight excluding hydrogens is 396 g/mol. The third-order valence-electron chi connectivity index (χ3n) is 3.60. The van der Waals surface area contributed by atoms with E-state index < -0.39 is 33.6 Å². The molecule has 0 aromatic heterocycles. The van der Waals surface area contributed by atoms with Gasteiger partial charge in [-0.1, -0.05) is 36.4 Å². The predicted octanol–water partition coefficient (Wildman–Crippen LogP) is 3.58. The molecule has 0 aliphatic heterocycles. The minimum absolute atomic E-state index is 0.143. The Hall–Kier alpha value is -2.18. The Labute approximate surface area is 163 Å². The van der Waals surface area contributed by atoms with Crippen LogP contribution in [-0.4, -0.2) is 33.3 Å². The summed E-state index contributed by atoms with van der Waals surface area (Å²) in [5.41, 5.74) is 0.300. The van der Waals surface area contributed by atoms with E-state index in [1.807, 2.05) is 0 Å². The van der Waals surface area contributed by atoms with Crippen molar-refractivity contribution in [3.05, 3.63) is 79.9 Å². The Morgan fingerprint density at radius 1 is 0.815 bits per heavy atom. The molecule has 0 fully saturated rings. The fraction of sp³-hybridized carbons (Fsp3) is 0.250. The molecule has 2 atom stereocenters. The highest BCUT2D eigenvalue weighted by molar-refractivity contribution is 8.08. The van der Waals surface area contributed by atoms with Crippen molar-refractivity contribution in [2.45, 2.75) is 10.5 Å². The van der Waals surface area contributed by atoms with Crippen molar-refractivity contribution in [1.29, 1.82) is 0 Å². The van der Waals surface area contributed by atoms with Crippen molar-refractivity contribution in [3.8, 4) is 0 Å². The van der Waals surface area contributed by atoms with Gasteiger partial charge in [0.15, 0.2) is 0 Å². The first-order chi connectivity index (χ1) is 13.0. The Kier molecular flexibility index (Phi) is 8.00. The molecule has 0 aliphatic carbocycles. The number of aliphatic hydroxyl groups excluding tert-OH is 2. The van der Waals surface area contributed by atoms with Gasteiger partial charge >= 0.3 is 0 Å². The summed E-state index contributed by atoms with van der Waals surface area (Å²) < 4.78 is 5.39. The van der Waals surface area contributed by atoms with E-state index in [4.69, 9.17) is 3.63 Å². The van der Waals surface area contributed by atoms with Gasteiger partial charge in [0.25, 0.3) is 11.4 Å². The summed E-state index contributed by atoms with van der Waals surface area (Å²) in [6, 6.07) is 12.0. The van der Waals surface area contributed by atoms with E-state index in [1.165, 1.54) is 36.4 Å². The molecule has 0 bridgehead atoms. The van der Waals surface area contributed by atoms with Crippen molar-refractivity contribution in [3.63, 3.8) is 0 Å². The summed E-state index contributed by atoms with van der Waals surface area (Å²) in [7, 11) is 0. The zero-order valence-corrected chi connectivity index (χ0v) is 15.5. The molecule has 2 unspecified atom stereocenters. The van der Waals surface area contributed by atoms with Crippen LogP contribution in [-0.2, 0) is 3.63 Å². The molecule has 2 aromatic carbocycles. The van der Waals surface area contributed by atoms with Crippen molar-refractivity contribution in [2.75, 3.05) is 13.2 Å². The normalized spacial score (nSPS) is 13.1. The van der Waals surface area contributed by atoms with Gasteiger partial charge < -0.3 is 10.2 Å². The maximum atomic E-state index is 11.1. The highest BCUT2D eigenvalue weighted by Crippen LogP contribution is 2.42. The highest BCUT2D eigenvalue weighted by Gasteiger charge is 2.25. The standard InChI is InChI=1S/C16H16N2O7S2/c19-9-15(11-5-1-3-7-13(11)17(21)22)26-25-27-16(10-20)12-6-2-4-8-14(12)18(23)24/h1-8,15-16,19-20H,9-10H2. The molecule has 0 aliphatic rings. The van der Waals surface area contributed by atoms with Gasteiger partial charge in [0, 0.05) is 47.3 Å². The minimum Gasteiger partial charge on any atom is -0.395 e. The second kappa shape index (κ2) is 10.2. The highest BCUT2D eigenvalue weighted by atomic mass is 32.2. The molecule has 11 heteroatoms. The second-order valence-corrected chi connectivity index (χ2v) is 7.30. The molecular formula is C16H16N2O7S2. The van der Waals surface area contributed by atoms with Gasteiger partial charge in [0.05, 0.1) is 33.6 Å². The topological polar surface area (TPSA) is 136 Å². The fourth-order valence-electron chi connectivity index (χ4n) is 2.33. The summed E-state index contributed by atoms with van der Waals surface area (Å²) in [6.45, 7) is -0.823.